The summed E-state index contributed by atoms with van der Waals surface area (Å²) < 4.78 is 13.1. The molecule has 24 heavy (non-hydrogen) atoms. The van der Waals surface area contributed by atoms with Crippen LogP contribution in [0.3, 0.4) is 0 Å². The maximum atomic E-state index is 5.82. The van der Waals surface area contributed by atoms with Crippen LogP contribution in [0.15, 0.2) is 47.5 Å². The quantitative estimate of drug-likeness (QED) is 0.697. The van der Waals surface area contributed by atoms with E-state index in [-0.39, 0.29) is 6.10 Å². The van der Waals surface area contributed by atoms with Crippen molar-refractivity contribution in [3.05, 3.63) is 48.9 Å². The first-order valence-electron chi connectivity index (χ1n) is 7.91. The zero-order valence-corrected chi connectivity index (χ0v) is 13.2. The van der Waals surface area contributed by atoms with Gasteiger partial charge in [0.1, 0.15) is 0 Å². The van der Waals surface area contributed by atoms with Crippen LogP contribution in [-0.2, 0) is 17.8 Å². The number of hydrogen-bond acceptors (Lipinski definition) is 7. The molecule has 1 fully saturated rings. The number of rotatable bonds is 5. The Kier molecular flexibility index (Phi) is 4.30. The van der Waals surface area contributed by atoms with E-state index in [2.05, 4.69) is 25.1 Å². The second-order valence-electron chi connectivity index (χ2n) is 5.71. The van der Waals surface area contributed by atoms with Crippen LogP contribution in [0.2, 0.25) is 0 Å². The highest BCUT2D eigenvalue weighted by Gasteiger charge is 2.23. The Hall–Kier alpha value is -2.58. The summed E-state index contributed by atoms with van der Waals surface area (Å²) in [6.07, 6.45) is 7.28. The van der Waals surface area contributed by atoms with E-state index in [0.29, 0.717) is 24.9 Å². The number of hydrogen-bond donors (Lipinski definition) is 0. The van der Waals surface area contributed by atoms with Crippen LogP contribution in [0.25, 0.3) is 11.4 Å². The van der Waals surface area contributed by atoms with Crippen LogP contribution in [0.1, 0.15) is 5.89 Å². The highest BCUT2D eigenvalue weighted by atomic mass is 16.5. The van der Waals surface area contributed by atoms with E-state index < -0.39 is 0 Å². The van der Waals surface area contributed by atoms with Crippen LogP contribution < -0.4 is 0 Å². The molecule has 8 heteroatoms. The molecule has 3 aromatic heterocycles. The van der Waals surface area contributed by atoms with E-state index >= 15 is 0 Å². The summed E-state index contributed by atoms with van der Waals surface area (Å²) in [4.78, 5) is 10.8. The summed E-state index contributed by atoms with van der Waals surface area (Å²) in [7, 11) is 0. The number of morpholine rings is 1. The number of pyridine rings is 1. The van der Waals surface area contributed by atoms with Crippen LogP contribution >= 0.6 is 0 Å². The molecule has 0 aromatic carbocycles. The van der Waals surface area contributed by atoms with Crippen molar-refractivity contribution < 1.29 is 9.26 Å². The molecule has 3 aromatic rings. The molecule has 0 radical (unpaired) electrons. The van der Waals surface area contributed by atoms with Gasteiger partial charge in [0.15, 0.2) is 0 Å². The lowest BCUT2D eigenvalue weighted by atomic mass is 10.2. The Morgan fingerprint density at radius 2 is 2.25 bits per heavy atom. The van der Waals surface area contributed by atoms with Crippen LogP contribution in [0.4, 0.5) is 0 Å². The molecule has 1 aliphatic heterocycles. The Labute approximate surface area is 139 Å². The van der Waals surface area contributed by atoms with Crippen LogP contribution in [0, 0.1) is 0 Å². The standard InChI is InChI=1S/C16H18N6O2/c1-3-13(9-17-4-1)16-19-15(24-20-16)12-21-7-8-23-14(10-21)11-22-6-2-5-18-22/h1-6,9,14H,7-8,10-12H2/t14-/m0/s1. The molecule has 0 saturated carbocycles. The lowest BCUT2D eigenvalue weighted by Crippen LogP contribution is -2.43. The maximum absolute atomic E-state index is 5.82. The molecule has 4 rings (SSSR count). The molecule has 124 valence electrons. The van der Waals surface area contributed by atoms with Gasteiger partial charge < -0.3 is 9.26 Å². The van der Waals surface area contributed by atoms with Gasteiger partial charge in [0, 0.05) is 43.4 Å². The van der Waals surface area contributed by atoms with Gasteiger partial charge in [-0.2, -0.15) is 10.1 Å². The fourth-order valence-electron chi connectivity index (χ4n) is 2.77. The number of nitrogens with zero attached hydrogens (tertiary/aromatic N) is 6. The molecule has 0 bridgehead atoms. The van der Waals surface area contributed by atoms with E-state index in [1.54, 1.807) is 18.6 Å². The molecule has 4 heterocycles. The van der Waals surface area contributed by atoms with Crippen molar-refractivity contribution in [2.75, 3.05) is 19.7 Å². The zero-order valence-electron chi connectivity index (χ0n) is 13.2. The molecule has 0 N–H and O–H groups in total. The van der Waals surface area contributed by atoms with Crippen molar-refractivity contribution in [3.63, 3.8) is 0 Å². The SMILES string of the molecule is c1cncc(-c2noc(CN3CCO[C@H](Cn4cccn4)C3)n2)c1. The van der Waals surface area contributed by atoms with Crippen molar-refractivity contribution in [1.29, 1.82) is 0 Å². The predicted octanol–water partition coefficient (Wildman–Crippen LogP) is 1.23. The number of ether oxygens (including phenoxy) is 1. The lowest BCUT2D eigenvalue weighted by molar-refractivity contribution is -0.0426. The predicted molar refractivity (Wildman–Crippen MR) is 84.8 cm³/mol. The third-order valence-electron chi connectivity index (χ3n) is 3.92. The molecule has 0 aliphatic carbocycles. The van der Waals surface area contributed by atoms with Crippen LogP contribution in [0.5, 0.6) is 0 Å². The van der Waals surface area contributed by atoms with Gasteiger partial charge in [-0.25, -0.2) is 0 Å². The van der Waals surface area contributed by atoms with E-state index in [0.717, 1.165) is 25.2 Å². The molecule has 0 amide bonds. The largest absolute Gasteiger partial charge is 0.374 e. The second kappa shape index (κ2) is 6.90. The molecule has 1 saturated heterocycles. The summed E-state index contributed by atoms with van der Waals surface area (Å²) in [5.74, 6) is 1.17. The Bertz CT molecular complexity index is 758. The maximum Gasteiger partial charge on any atom is 0.241 e. The average molecular weight is 326 g/mol. The summed E-state index contributed by atoms with van der Waals surface area (Å²) in [6, 6.07) is 5.68. The van der Waals surface area contributed by atoms with Gasteiger partial charge in [-0.05, 0) is 18.2 Å². The van der Waals surface area contributed by atoms with Crippen molar-refractivity contribution in [3.8, 4) is 11.4 Å². The van der Waals surface area contributed by atoms with Gasteiger partial charge in [0.25, 0.3) is 0 Å². The van der Waals surface area contributed by atoms with E-state index in [9.17, 15) is 0 Å². The van der Waals surface area contributed by atoms with Crippen molar-refractivity contribution in [2.24, 2.45) is 0 Å². The third kappa shape index (κ3) is 3.50. The second-order valence-corrected chi connectivity index (χ2v) is 5.71. The van der Waals surface area contributed by atoms with Crippen molar-refractivity contribution in [1.82, 2.24) is 29.8 Å². The average Bonchev–Trinajstić information content (AvgIpc) is 3.28. The smallest absolute Gasteiger partial charge is 0.241 e. The fourth-order valence-corrected chi connectivity index (χ4v) is 2.77. The van der Waals surface area contributed by atoms with Gasteiger partial charge in [-0.3, -0.25) is 14.6 Å². The third-order valence-corrected chi connectivity index (χ3v) is 3.92. The summed E-state index contributed by atoms with van der Waals surface area (Å²) in [6.45, 7) is 3.71. The first-order valence-corrected chi connectivity index (χ1v) is 7.91. The summed E-state index contributed by atoms with van der Waals surface area (Å²) >= 11 is 0. The highest BCUT2D eigenvalue weighted by molar-refractivity contribution is 5.51. The first-order chi connectivity index (χ1) is 11.9. The van der Waals surface area contributed by atoms with Crippen molar-refractivity contribution >= 4 is 0 Å². The normalized spacial score (nSPS) is 18.8. The van der Waals surface area contributed by atoms with Crippen molar-refractivity contribution in [2.45, 2.75) is 19.2 Å². The number of aromatic nitrogens is 5. The Morgan fingerprint density at radius 3 is 3.08 bits per heavy atom. The van der Waals surface area contributed by atoms with E-state index in [4.69, 9.17) is 9.26 Å². The zero-order chi connectivity index (χ0) is 16.2. The first kappa shape index (κ1) is 15.0. The summed E-state index contributed by atoms with van der Waals surface area (Å²) in [5, 5.41) is 8.26. The molecule has 1 aliphatic rings. The molecular weight excluding hydrogens is 308 g/mol. The Morgan fingerprint density at radius 1 is 1.25 bits per heavy atom. The molecule has 8 nitrogen and oxygen atoms in total. The molecule has 0 unspecified atom stereocenters. The minimum Gasteiger partial charge on any atom is -0.374 e. The monoisotopic (exact) mass is 326 g/mol. The topological polar surface area (TPSA) is 82.1 Å². The molecule has 0 spiro atoms. The molecule has 1 atom stereocenters. The summed E-state index contributed by atoms with van der Waals surface area (Å²) in [5.41, 5.74) is 0.853. The lowest BCUT2D eigenvalue weighted by Gasteiger charge is -2.31. The van der Waals surface area contributed by atoms with Gasteiger partial charge in [0.05, 0.1) is 25.8 Å². The van der Waals surface area contributed by atoms with E-state index in [1.807, 2.05) is 29.1 Å². The van der Waals surface area contributed by atoms with E-state index in [1.165, 1.54) is 0 Å². The molecular formula is C16H18N6O2. The van der Waals surface area contributed by atoms with Gasteiger partial charge in [0.2, 0.25) is 11.7 Å². The minimum absolute atomic E-state index is 0.111. The van der Waals surface area contributed by atoms with Gasteiger partial charge in [-0.1, -0.05) is 5.16 Å². The van der Waals surface area contributed by atoms with Crippen LogP contribution in [-0.4, -0.2) is 55.6 Å². The minimum atomic E-state index is 0.111. The Balaban J connectivity index is 1.37. The van der Waals surface area contributed by atoms with Gasteiger partial charge >= 0.3 is 0 Å². The van der Waals surface area contributed by atoms with Gasteiger partial charge in [-0.15, -0.1) is 0 Å². The fraction of sp³-hybridized carbons (Fsp3) is 0.375. The highest BCUT2D eigenvalue weighted by Crippen LogP contribution is 2.16.